The normalized spacial score (nSPS) is 11.4. The van der Waals surface area contributed by atoms with E-state index in [9.17, 15) is 31.5 Å². The molecule has 0 atom stereocenters. The molecule has 1 N–H and O–H groups in total. The van der Waals surface area contributed by atoms with Crippen molar-refractivity contribution in [1.82, 2.24) is 9.88 Å². The van der Waals surface area contributed by atoms with E-state index in [2.05, 4.69) is 4.98 Å². The van der Waals surface area contributed by atoms with Gasteiger partial charge in [0.05, 0.1) is 6.42 Å². The Labute approximate surface area is 147 Å². The van der Waals surface area contributed by atoms with Crippen LogP contribution in [0.2, 0.25) is 0 Å². The average Bonchev–Trinajstić information content (AvgIpc) is 3.04. The second-order valence-electron chi connectivity index (χ2n) is 5.15. The summed E-state index contributed by atoms with van der Waals surface area (Å²) in [6, 6.07) is 2.83. The summed E-state index contributed by atoms with van der Waals surface area (Å²) in [7, 11) is 0. The number of carboxylic acid groups (broad SMARTS) is 1. The summed E-state index contributed by atoms with van der Waals surface area (Å²) >= 11 is 0.228. The van der Waals surface area contributed by atoms with Crippen LogP contribution in [0.15, 0.2) is 23.6 Å². The highest BCUT2D eigenvalue weighted by atomic mass is 32.1. The molecule has 1 aromatic carbocycles. The Morgan fingerprint density at radius 1 is 1.19 bits per heavy atom. The molecule has 0 saturated heterocycles. The molecule has 0 aliphatic rings. The van der Waals surface area contributed by atoms with Gasteiger partial charge in [-0.2, -0.15) is 13.2 Å². The molecule has 1 heterocycles. The molecule has 140 valence electrons. The van der Waals surface area contributed by atoms with E-state index in [4.69, 9.17) is 5.11 Å². The molecule has 0 fully saturated rings. The molecule has 0 unspecified atom stereocenters. The lowest BCUT2D eigenvalue weighted by Crippen LogP contribution is -2.33. The van der Waals surface area contributed by atoms with Crippen LogP contribution in [-0.2, 0) is 17.5 Å². The van der Waals surface area contributed by atoms with E-state index in [1.807, 2.05) is 0 Å². The minimum atomic E-state index is -4.71. The summed E-state index contributed by atoms with van der Waals surface area (Å²) in [5, 5.41) is 8.45. The monoisotopic (exact) mass is 394 g/mol. The van der Waals surface area contributed by atoms with Gasteiger partial charge in [0, 0.05) is 18.5 Å². The predicted octanol–water partition coefficient (Wildman–Crippen LogP) is 3.56. The summed E-state index contributed by atoms with van der Waals surface area (Å²) in [5.74, 6) is -4.45. The van der Waals surface area contributed by atoms with Crippen LogP contribution in [0.25, 0.3) is 0 Å². The van der Waals surface area contributed by atoms with Crippen LogP contribution in [0.1, 0.15) is 27.5 Å². The van der Waals surface area contributed by atoms with Gasteiger partial charge in [0.1, 0.15) is 5.69 Å². The number of carbonyl (C=O) groups is 2. The van der Waals surface area contributed by atoms with Crippen LogP contribution >= 0.6 is 11.3 Å². The van der Waals surface area contributed by atoms with Crippen LogP contribution in [0, 0.1) is 11.6 Å². The van der Waals surface area contributed by atoms with Gasteiger partial charge in [0.25, 0.3) is 5.91 Å². The highest BCUT2D eigenvalue weighted by Crippen LogP contribution is 2.32. The molecule has 11 heteroatoms. The molecule has 0 bridgehead atoms. The molecule has 0 aliphatic heterocycles. The van der Waals surface area contributed by atoms with Gasteiger partial charge in [-0.05, 0) is 17.7 Å². The van der Waals surface area contributed by atoms with Crippen molar-refractivity contribution in [3.63, 3.8) is 0 Å². The highest BCUT2D eigenvalue weighted by Gasteiger charge is 2.35. The number of aliphatic carboxylic acids is 1. The van der Waals surface area contributed by atoms with Gasteiger partial charge < -0.3 is 10.0 Å². The number of thiazole rings is 1. The van der Waals surface area contributed by atoms with Crippen LogP contribution < -0.4 is 0 Å². The third-order valence-electron chi connectivity index (χ3n) is 3.21. The standard InChI is InChI=1S/C15H11F5N2O3S/c16-9-2-1-8(5-10(9)17)6-22(4-3-12(23)24)13(25)11-7-26-14(21-11)15(18,19)20/h1-2,5,7H,3-4,6H2,(H,23,24). The van der Waals surface area contributed by atoms with E-state index in [1.54, 1.807) is 0 Å². The van der Waals surface area contributed by atoms with Crippen molar-refractivity contribution in [3.8, 4) is 0 Å². The molecule has 0 aliphatic carbocycles. The fourth-order valence-electron chi connectivity index (χ4n) is 2.01. The second kappa shape index (κ2) is 7.77. The van der Waals surface area contributed by atoms with Gasteiger partial charge in [0.2, 0.25) is 0 Å². The van der Waals surface area contributed by atoms with Crippen molar-refractivity contribution in [2.45, 2.75) is 19.1 Å². The lowest BCUT2D eigenvalue weighted by atomic mass is 10.2. The van der Waals surface area contributed by atoms with E-state index in [1.165, 1.54) is 6.07 Å². The van der Waals surface area contributed by atoms with Crippen LogP contribution in [0.3, 0.4) is 0 Å². The largest absolute Gasteiger partial charge is 0.481 e. The van der Waals surface area contributed by atoms with Gasteiger partial charge in [-0.3, -0.25) is 9.59 Å². The molecule has 5 nitrogen and oxygen atoms in total. The number of benzene rings is 1. The Balaban J connectivity index is 2.25. The minimum Gasteiger partial charge on any atom is -0.481 e. The first-order valence-corrected chi connectivity index (χ1v) is 7.93. The number of hydrogen-bond donors (Lipinski definition) is 1. The fourth-order valence-corrected chi connectivity index (χ4v) is 2.67. The number of aromatic nitrogens is 1. The van der Waals surface area contributed by atoms with Gasteiger partial charge in [-0.15, -0.1) is 11.3 Å². The quantitative estimate of drug-likeness (QED) is 0.761. The summed E-state index contributed by atoms with van der Waals surface area (Å²) in [6.07, 6.45) is -5.19. The summed E-state index contributed by atoms with van der Waals surface area (Å²) in [6.45, 7) is -0.659. The first-order chi connectivity index (χ1) is 12.1. The van der Waals surface area contributed by atoms with E-state index < -0.39 is 46.8 Å². The molecule has 0 spiro atoms. The fraction of sp³-hybridized carbons (Fsp3) is 0.267. The molecule has 2 rings (SSSR count). The van der Waals surface area contributed by atoms with Crippen molar-refractivity contribution < 1.29 is 36.6 Å². The molecule has 2 aromatic rings. The van der Waals surface area contributed by atoms with Crippen molar-refractivity contribution >= 4 is 23.2 Å². The molecule has 1 amide bonds. The zero-order valence-electron chi connectivity index (χ0n) is 12.9. The van der Waals surface area contributed by atoms with Crippen molar-refractivity contribution in [3.05, 3.63) is 51.5 Å². The molecule has 26 heavy (non-hydrogen) atoms. The predicted molar refractivity (Wildman–Crippen MR) is 80.5 cm³/mol. The molecule has 0 saturated carbocycles. The maximum atomic E-state index is 13.3. The number of rotatable bonds is 6. The topological polar surface area (TPSA) is 70.5 Å². The van der Waals surface area contributed by atoms with E-state index in [0.29, 0.717) is 0 Å². The maximum absolute atomic E-state index is 13.3. The van der Waals surface area contributed by atoms with Crippen molar-refractivity contribution in [2.75, 3.05) is 6.54 Å². The van der Waals surface area contributed by atoms with Crippen molar-refractivity contribution in [1.29, 1.82) is 0 Å². The van der Waals surface area contributed by atoms with E-state index >= 15 is 0 Å². The van der Waals surface area contributed by atoms with Crippen molar-refractivity contribution in [2.24, 2.45) is 0 Å². The zero-order valence-corrected chi connectivity index (χ0v) is 13.7. The second-order valence-corrected chi connectivity index (χ2v) is 6.01. The number of alkyl halides is 3. The van der Waals surface area contributed by atoms with Gasteiger partial charge >= 0.3 is 12.1 Å². The minimum absolute atomic E-state index is 0.147. The Morgan fingerprint density at radius 2 is 1.88 bits per heavy atom. The molecular weight excluding hydrogens is 383 g/mol. The first-order valence-electron chi connectivity index (χ1n) is 7.05. The van der Waals surface area contributed by atoms with E-state index in [0.717, 1.165) is 22.4 Å². The summed E-state index contributed by atoms with van der Waals surface area (Å²) in [4.78, 5) is 27.3. The van der Waals surface area contributed by atoms with Crippen LogP contribution in [0.4, 0.5) is 22.0 Å². The molecular formula is C15H11F5N2O3S. The van der Waals surface area contributed by atoms with Gasteiger partial charge in [0.15, 0.2) is 16.6 Å². The number of halogens is 5. The maximum Gasteiger partial charge on any atom is 0.443 e. The third-order valence-corrected chi connectivity index (χ3v) is 4.09. The zero-order chi connectivity index (χ0) is 19.5. The Morgan fingerprint density at radius 3 is 2.42 bits per heavy atom. The highest BCUT2D eigenvalue weighted by molar-refractivity contribution is 7.09. The third kappa shape index (κ3) is 4.97. The lowest BCUT2D eigenvalue weighted by Gasteiger charge is -2.21. The Bertz CT molecular complexity index is 822. The SMILES string of the molecule is O=C(O)CCN(Cc1ccc(F)c(F)c1)C(=O)c1csc(C(F)(F)F)n1. The first kappa shape index (κ1) is 19.8. The van der Waals surface area contributed by atoms with Gasteiger partial charge in [-0.1, -0.05) is 6.07 Å². The van der Waals surface area contributed by atoms with Gasteiger partial charge in [-0.25, -0.2) is 13.8 Å². The Kier molecular flexibility index (Phi) is 5.90. The summed E-state index contributed by atoms with van der Waals surface area (Å²) < 4.78 is 64.1. The number of nitrogens with zero attached hydrogens (tertiary/aromatic N) is 2. The van der Waals surface area contributed by atoms with Crippen LogP contribution in [-0.4, -0.2) is 33.4 Å². The lowest BCUT2D eigenvalue weighted by molar-refractivity contribution is -0.138. The smallest absolute Gasteiger partial charge is 0.443 e. The van der Waals surface area contributed by atoms with Crippen LogP contribution in [0.5, 0.6) is 0 Å². The molecule has 0 radical (unpaired) electrons. The number of hydrogen-bond acceptors (Lipinski definition) is 4. The Hall–Kier alpha value is -2.56. The number of carboxylic acids is 1. The van der Waals surface area contributed by atoms with E-state index in [-0.39, 0.29) is 30.0 Å². The number of carbonyl (C=O) groups excluding carboxylic acids is 1. The number of amides is 1. The molecule has 1 aromatic heterocycles. The summed E-state index contributed by atoms with van der Waals surface area (Å²) in [5.41, 5.74) is -0.357. The average molecular weight is 394 g/mol.